The lowest BCUT2D eigenvalue weighted by atomic mass is 9.96. The van der Waals surface area contributed by atoms with Gasteiger partial charge in [-0.1, -0.05) is 36.4 Å². The predicted molar refractivity (Wildman–Crippen MR) is 122 cm³/mol. The third-order valence-electron chi connectivity index (χ3n) is 6.27. The molecule has 0 bridgehead atoms. The van der Waals surface area contributed by atoms with Crippen molar-refractivity contribution in [1.82, 2.24) is 25.9 Å². The Morgan fingerprint density at radius 1 is 0.969 bits per heavy atom. The third-order valence-corrected chi connectivity index (χ3v) is 6.27. The first-order chi connectivity index (χ1) is 15.7. The van der Waals surface area contributed by atoms with E-state index >= 15 is 0 Å². The van der Waals surface area contributed by atoms with Crippen LogP contribution >= 0.6 is 0 Å². The molecule has 3 aromatic carbocycles. The van der Waals surface area contributed by atoms with Crippen molar-refractivity contribution < 1.29 is 4.79 Å². The van der Waals surface area contributed by atoms with Crippen molar-refractivity contribution in [3.63, 3.8) is 0 Å². The van der Waals surface area contributed by atoms with Gasteiger partial charge in [0.05, 0.1) is 11.7 Å². The molecule has 0 radical (unpaired) electrons. The Morgan fingerprint density at radius 2 is 1.81 bits per heavy atom. The number of nitrogens with zero attached hydrogens (tertiary/aromatic N) is 2. The SMILES string of the molecule is O=C(NC1Cc2ccccc2C1)c1cccc(C2NNc3ccc(-c4ncn[nH]4)cc32)c1. The lowest BCUT2D eigenvalue weighted by Gasteiger charge is -2.15. The van der Waals surface area contributed by atoms with Crippen molar-refractivity contribution in [2.45, 2.75) is 24.9 Å². The quantitative estimate of drug-likeness (QED) is 0.404. The molecule has 1 aliphatic heterocycles. The number of aromatic nitrogens is 3. The summed E-state index contributed by atoms with van der Waals surface area (Å²) in [5.41, 5.74) is 14.0. The van der Waals surface area contributed by atoms with E-state index in [-0.39, 0.29) is 18.0 Å². The van der Waals surface area contributed by atoms with Crippen molar-refractivity contribution in [3.05, 3.63) is 101 Å². The maximum Gasteiger partial charge on any atom is 0.251 e. The number of hydrazine groups is 1. The normalized spacial score (nSPS) is 16.9. The highest BCUT2D eigenvalue weighted by molar-refractivity contribution is 5.94. The monoisotopic (exact) mass is 422 g/mol. The van der Waals surface area contributed by atoms with Crippen LogP contribution < -0.4 is 16.2 Å². The Hall–Kier alpha value is -3.97. The zero-order chi connectivity index (χ0) is 21.5. The van der Waals surface area contributed by atoms with Crippen molar-refractivity contribution in [2.75, 3.05) is 5.43 Å². The number of carbonyl (C=O) groups excluding carboxylic acids is 1. The average molecular weight is 422 g/mol. The highest BCUT2D eigenvalue weighted by atomic mass is 16.1. The summed E-state index contributed by atoms with van der Waals surface area (Å²) in [6.45, 7) is 0. The summed E-state index contributed by atoms with van der Waals surface area (Å²) in [6.07, 6.45) is 3.27. The van der Waals surface area contributed by atoms with Crippen LogP contribution in [0, 0.1) is 0 Å². The zero-order valence-electron chi connectivity index (χ0n) is 17.3. The van der Waals surface area contributed by atoms with Gasteiger partial charge in [0.2, 0.25) is 0 Å². The van der Waals surface area contributed by atoms with E-state index in [1.165, 1.54) is 17.5 Å². The third kappa shape index (κ3) is 3.33. The van der Waals surface area contributed by atoms with Crippen LogP contribution in [-0.2, 0) is 12.8 Å². The van der Waals surface area contributed by atoms with E-state index in [9.17, 15) is 4.79 Å². The van der Waals surface area contributed by atoms with Gasteiger partial charge in [-0.2, -0.15) is 5.10 Å². The number of rotatable bonds is 4. The number of hydrogen-bond donors (Lipinski definition) is 4. The van der Waals surface area contributed by atoms with E-state index in [0.717, 1.165) is 41.0 Å². The standard InChI is InChI=1S/C25H22N6O/c32-25(28-20-11-15-4-1-2-5-16(15)12-20)19-7-3-6-17(10-19)23-21-13-18(24-26-14-27-31-24)8-9-22(21)29-30-23/h1-10,13-14,20,23,29-30H,11-12H2,(H,28,32)(H,26,27,31). The number of H-pyrrole nitrogens is 1. The number of fused-ring (bicyclic) bond motifs is 2. The van der Waals surface area contributed by atoms with Crippen LogP contribution in [0.15, 0.2) is 73.1 Å². The second kappa shape index (κ2) is 7.62. The summed E-state index contributed by atoms with van der Waals surface area (Å²) in [5.74, 6) is 0.690. The fourth-order valence-corrected chi connectivity index (χ4v) is 4.69. The molecule has 1 unspecified atom stereocenters. The summed E-state index contributed by atoms with van der Waals surface area (Å²) >= 11 is 0. The summed E-state index contributed by atoms with van der Waals surface area (Å²) in [6, 6.07) is 22.4. The van der Waals surface area contributed by atoms with Gasteiger partial charge in [-0.25, -0.2) is 10.4 Å². The molecule has 2 heterocycles. The molecule has 4 N–H and O–H groups in total. The molecule has 32 heavy (non-hydrogen) atoms. The molecule has 1 aromatic heterocycles. The van der Waals surface area contributed by atoms with Gasteiger partial charge in [-0.3, -0.25) is 9.89 Å². The van der Waals surface area contributed by atoms with Crippen LogP contribution in [0.1, 0.15) is 38.7 Å². The Labute approximate surface area is 185 Å². The number of amides is 1. The van der Waals surface area contributed by atoms with Crippen LogP contribution in [0.5, 0.6) is 0 Å². The van der Waals surface area contributed by atoms with Crippen molar-refractivity contribution in [2.24, 2.45) is 0 Å². The fraction of sp³-hybridized carbons (Fsp3) is 0.160. The Balaban J connectivity index is 1.23. The number of aromatic amines is 1. The average Bonchev–Trinajstić information content (AvgIpc) is 3.57. The zero-order valence-corrected chi connectivity index (χ0v) is 17.3. The van der Waals surface area contributed by atoms with E-state index in [4.69, 9.17) is 0 Å². The van der Waals surface area contributed by atoms with Gasteiger partial charge in [0.1, 0.15) is 6.33 Å². The molecule has 1 atom stereocenters. The molecule has 7 nitrogen and oxygen atoms in total. The summed E-state index contributed by atoms with van der Waals surface area (Å²) < 4.78 is 0. The molecule has 7 heteroatoms. The minimum atomic E-state index is -0.0728. The minimum absolute atomic E-state index is 0.0359. The van der Waals surface area contributed by atoms with Gasteiger partial charge in [0.25, 0.3) is 5.91 Å². The van der Waals surface area contributed by atoms with Crippen LogP contribution in [0.2, 0.25) is 0 Å². The smallest absolute Gasteiger partial charge is 0.251 e. The van der Waals surface area contributed by atoms with Gasteiger partial charge in [-0.15, -0.1) is 0 Å². The maximum atomic E-state index is 13.0. The highest BCUT2D eigenvalue weighted by Crippen LogP contribution is 2.35. The van der Waals surface area contributed by atoms with E-state index in [1.807, 2.05) is 36.4 Å². The molecule has 1 aliphatic carbocycles. The first-order valence-electron chi connectivity index (χ1n) is 10.7. The number of hydrogen-bond acceptors (Lipinski definition) is 5. The number of nitrogens with one attached hydrogen (secondary N) is 4. The van der Waals surface area contributed by atoms with Gasteiger partial charge >= 0.3 is 0 Å². The van der Waals surface area contributed by atoms with E-state index in [2.05, 4.69) is 61.7 Å². The van der Waals surface area contributed by atoms with E-state index in [1.54, 1.807) is 0 Å². The van der Waals surface area contributed by atoms with Gasteiger partial charge in [0, 0.05) is 22.7 Å². The van der Waals surface area contributed by atoms with Crippen LogP contribution in [0.4, 0.5) is 5.69 Å². The summed E-state index contributed by atoms with van der Waals surface area (Å²) in [5, 5.41) is 10.1. The fourth-order valence-electron chi connectivity index (χ4n) is 4.69. The second-order valence-electron chi connectivity index (χ2n) is 8.31. The van der Waals surface area contributed by atoms with Crippen molar-refractivity contribution >= 4 is 11.6 Å². The van der Waals surface area contributed by atoms with Crippen LogP contribution in [0.25, 0.3) is 11.4 Å². The molecule has 1 amide bonds. The predicted octanol–water partition coefficient (Wildman–Crippen LogP) is 3.39. The van der Waals surface area contributed by atoms with Crippen LogP contribution in [0.3, 0.4) is 0 Å². The van der Waals surface area contributed by atoms with E-state index < -0.39 is 0 Å². The Bertz CT molecular complexity index is 1270. The molecule has 0 fully saturated rings. The molecule has 0 spiro atoms. The Morgan fingerprint density at radius 3 is 2.59 bits per heavy atom. The molecule has 4 aromatic rings. The highest BCUT2D eigenvalue weighted by Gasteiger charge is 2.26. The lowest BCUT2D eigenvalue weighted by molar-refractivity contribution is 0.0938. The van der Waals surface area contributed by atoms with Crippen LogP contribution in [-0.4, -0.2) is 27.1 Å². The topological polar surface area (TPSA) is 94.7 Å². The van der Waals surface area contributed by atoms with Crippen molar-refractivity contribution in [1.29, 1.82) is 0 Å². The number of carbonyl (C=O) groups is 1. The summed E-state index contributed by atoms with van der Waals surface area (Å²) in [4.78, 5) is 17.3. The van der Waals surface area contributed by atoms with Crippen molar-refractivity contribution in [3.8, 4) is 11.4 Å². The van der Waals surface area contributed by atoms with Gasteiger partial charge in [-0.05, 0) is 59.9 Å². The second-order valence-corrected chi connectivity index (χ2v) is 8.31. The molecular weight excluding hydrogens is 400 g/mol. The number of benzene rings is 3. The Kier molecular flexibility index (Phi) is 4.47. The lowest BCUT2D eigenvalue weighted by Crippen LogP contribution is -2.35. The first kappa shape index (κ1) is 18.8. The van der Waals surface area contributed by atoms with Gasteiger partial charge < -0.3 is 10.7 Å². The largest absolute Gasteiger partial charge is 0.349 e. The maximum absolute atomic E-state index is 13.0. The molecule has 0 saturated carbocycles. The number of anilines is 1. The summed E-state index contributed by atoms with van der Waals surface area (Å²) in [7, 11) is 0. The molecule has 2 aliphatic rings. The first-order valence-corrected chi connectivity index (χ1v) is 10.7. The minimum Gasteiger partial charge on any atom is -0.349 e. The molecule has 0 saturated heterocycles. The molecule has 6 rings (SSSR count). The van der Waals surface area contributed by atoms with Gasteiger partial charge in [0.15, 0.2) is 5.82 Å². The van der Waals surface area contributed by atoms with E-state index in [0.29, 0.717) is 5.56 Å². The molecule has 158 valence electrons. The molecular formula is C25H22N6O.